The average molecular weight is 621 g/mol. The first-order chi connectivity index (χ1) is 20.7. The molecule has 4 aromatic carbocycles. The van der Waals surface area contributed by atoms with Crippen molar-refractivity contribution in [1.29, 1.82) is 0 Å². The summed E-state index contributed by atoms with van der Waals surface area (Å²) in [6, 6.07) is 29.8. The van der Waals surface area contributed by atoms with Crippen LogP contribution in [0.1, 0.15) is 46.3 Å². The number of halogens is 2. The second-order valence-corrected chi connectivity index (χ2v) is 11.4. The summed E-state index contributed by atoms with van der Waals surface area (Å²) in [6.07, 6.45) is 1.18. The van der Waals surface area contributed by atoms with E-state index < -0.39 is 12.1 Å². The summed E-state index contributed by atoms with van der Waals surface area (Å²) >= 11 is 12.3. The van der Waals surface area contributed by atoms with Gasteiger partial charge in [0.25, 0.3) is 0 Å². The van der Waals surface area contributed by atoms with E-state index in [0.29, 0.717) is 11.5 Å². The van der Waals surface area contributed by atoms with Crippen molar-refractivity contribution < 1.29 is 24.2 Å². The maximum atomic E-state index is 12.5. The quantitative estimate of drug-likeness (QED) is 0.146. The van der Waals surface area contributed by atoms with Gasteiger partial charge in [-0.15, -0.1) is 0 Å². The molecule has 0 bridgehead atoms. The molecule has 0 amide bonds. The number of aryl methyl sites for hydroxylation is 1. The fraction of sp³-hybridized carbons (Fsp3) is 0.257. The van der Waals surface area contributed by atoms with Crippen LogP contribution in [0.15, 0.2) is 97.1 Å². The van der Waals surface area contributed by atoms with Crippen molar-refractivity contribution in [2.24, 2.45) is 0 Å². The number of rotatable bonds is 15. The maximum Gasteiger partial charge on any atom is 0.335 e. The van der Waals surface area contributed by atoms with Gasteiger partial charge in [-0.2, -0.15) is 0 Å². The van der Waals surface area contributed by atoms with E-state index in [2.05, 4.69) is 36.2 Å². The maximum absolute atomic E-state index is 12.5. The van der Waals surface area contributed by atoms with E-state index in [9.17, 15) is 9.59 Å². The van der Waals surface area contributed by atoms with Gasteiger partial charge in [0, 0.05) is 22.5 Å². The number of carbonyl (C=O) groups excluding carboxylic acids is 1. The van der Waals surface area contributed by atoms with Crippen LogP contribution in [-0.4, -0.2) is 54.6 Å². The van der Waals surface area contributed by atoms with Gasteiger partial charge in [0.1, 0.15) is 11.5 Å². The highest BCUT2D eigenvalue weighted by Crippen LogP contribution is 2.28. The predicted octanol–water partition coefficient (Wildman–Crippen LogP) is 7.80. The van der Waals surface area contributed by atoms with E-state index in [0.717, 1.165) is 36.0 Å². The molecule has 0 aromatic heterocycles. The molecule has 6 nitrogen and oxygen atoms in total. The molecule has 0 saturated heterocycles. The standard InChI is InChI=1S/C35H35Cl2NO5/c1-24(43-32-19-11-28(12-20-32)35(40)41)34(39)23-42-31-17-5-25(6-18-31)4-3-21-38(2)22-33(26-7-13-29(36)14-8-26)27-9-15-30(37)16-10-27/h5-20,24,33H,3-4,21-23H2,1-2H3,(H,40,41). The summed E-state index contributed by atoms with van der Waals surface area (Å²) < 4.78 is 11.3. The summed E-state index contributed by atoms with van der Waals surface area (Å²) in [6.45, 7) is 3.31. The summed E-state index contributed by atoms with van der Waals surface area (Å²) in [5.74, 6) is -0.00224. The van der Waals surface area contributed by atoms with Gasteiger partial charge in [0.2, 0.25) is 5.78 Å². The van der Waals surface area contributed by atoms with Crippen LogP contribution in [0.25, 0.3) is 0 Å². The number of likely N-dealkylation sites (N-methyl/N-ethyl adjacent to an activating group) is 1. The third-order valence-corrected chi connectivity index (χ3v) is 7.72. The normalized spacial score (nSPS) is 11.9. The second-order valence-electron chi connectivity index (χ2n) is 10.5. The van der Waals surface area contributed by atoms with Gasteiger partial charge < -0.3 is 19.5 Å². The number of ketones is 1. The molecular formula is C35H35Cl2NO5. The largest absolute Gasteiger partial charge is 0.486 e. The highest BCUT2D eigenvalue weighted by atomic mass is 35.5. The Hall–Kier alpha value is -3.84. The number of Topliss-reactive ketones (excluding diaryl/α,β-unsaturated/α-hetero) is 1. The van der Waals surface area contributed by atoms with Gasteiger partial charge in [0.15, 0.2) is 12.7 Å². The van der Waals surface area contributed by atoms with Crippen LogP contribution in [-0.2, 0) is 11.2 Å². The Morgan fingerprint density at radius 3 is 1.86 bits per heavy atom. The molecule has 0 radical (unpaired) electrons. The molecule has 224 valence electrons. The molecule has 0 aliphatic carbocycles. The van der Waals surface area contributed by atoms with E-state index in [-0.39, 0.29) is 23.9 Å². The van der Waals surface area contributed by atoms with Gasteiger partial charge >= 0.3 is 5.97 Å². The molecule has 1 N–H and O–H groups in total. The molecule has 1 atom stereocenters. The zero-order chi connectivity index (χ0) is 30.8. The number of hydrogen-bond acceptors (Lipinski definition) is 5. The van der Waals surface area contributed by atoms with Gasteiger partial charge in [-0.1, -0.05) is 59.6 Å². The van der Waals surface area contributed by atoms with Crippen LogP contribution in [0.4, 0.5) is 0 Å². The van der Waals surface area contributed by atoms with Crippen molar-refractivity contribution in [3.63, 3.8) is 0 Å². The van der Waals surface area contributed by atoms with Crippen LogP contribution in [0.5, 0.6) is 11.5 Å². The van der Waals surface area contributed by atoms with Crippen molar-refractivity contribution in [3.05, 3.63) is 129 Å². The summed E-state index contributed by atoms with van der Waals surface area (Å²) in [7, 11) is 2.14. The Morgan fingerprint density at radius 2 is 1.33 bits per heavy atom. The lowest BCUT2D eigenvalue weighted by atomic mass is 9.91. The molecule has 0 heterocycles. The van der Waals surface area contributed by atoms with Crippen molar-refractivity contribution in [2.45, 2.75) is 31.8 Å². The van der Waals surface area contributed by atoms with Crippen LogP contribution < -0.4 is 9.47 Å². The molecule has 0 aliphatic rings. The van der Waals surface area contributed by atoms with E-state index in [1.54, 1.807) is 6.92 Å². The number of carboxylic acids is 1. The summed E-state index contributed by atoms with van der Waals surface area (Å²) in [5.41, 5.74) is 3.77. The zero-order valence-electron chi connectivity index (χ0n) is 24.2. The summed E-state index contributed by atoms with van der Waals surface area (Å²) in [4.78, 5) is 25.8. The fourth-order valence-electron chi connectivity index (χ4n) is 4.72. The molecule has 0 spiro atoms. The molecule has 0 aliphatic heterocycles. The van der Waals surface area contributed by atoms with Crippen LogP contribution in [0.2, 0.25) is 10.0 Å². The van der Waals surface area contributed by atoms with Crippen molar-refractivity contribution in [1.82, 2.24) is 4.90 Å². The van der Waals surface area contributed by atoms with Gasteiger partial charge in [-0.25, -0.2) is 4.79 Å². The van der Waals surface area contributed by atoms with Crippen LogP contribution in [0.3, 0.4) is 0 Å². The van der Waals surface area contributed by atoms with Crippen LogP contribution >= 0.6 is 23.2 Å². The minimum absolute atomic E-state index is 0.124. The molecular weight excluding hydrogens is 585 g/mol. The predicted molar refractivity (Wildman–Crippen MR) is 171 cm³/mol. The second kappa shape index (κ2) is 15.6. The number of aromatic carboxylic acids is 1. The lowest BCUT2D eigenvalue weighted by Crippen LogP contribution is -2.28. The molecule has 4 rings (SSSR count). The van der Waals surface area contributed by atoms with Gasteiger partial charge in [-0.3, -0.25) is 4.79 Å². The highest BCUT2D eigenvalue weighted by Gasteiger charge is 2.18. The third-order valence-electron chi connectivity index (χ3n) is 7.22. The fourth-order valence-corrected chi connectivity index (χ4v) is 4.97. The molecule has 0 saturated carbocycles. The molecule has 4 aromatic rings. The Labute approximate surface area is 262 Å². The first-order valence-electron chi connectivity index (χ1n) is 14.1. The monoisotopic (exact) mass is 619 g/mol. The van der Waals surface area contributed by atoms with Crippen LogP contribution in [0, 0.1) is 0 Å². The lowest BCUT2D eigenvalue weighted by molar-refractivity contribution is -0.127. The van der Waals surface area contributed by atoms with Gasteiger partial charge in [-0.05, 0) is 111 Å². The smallest absolute Gasteiger partial charge is 0.335 e. The number of nitrogens with zero attached hydrogens (tertiary/aromatic N) is 1. The minimum Gasteiger partial charge on any atom is -0.486 e. The number of carbonyl (C=O) groups is 2. The van der Waals surface area contributed by atoms with E-state index in [1.165, 1.54) is 41.0 Å². The van der Waals surface area contributed by atoms with E-state index in [1.807, 2.05) is 48.5 Å². The molecule has 0 fully saturated rings. The summed E-state index contributed by atoms with van der Waals surface area (Å²) in [5, 5.41) is 10.4. The number of hydrogen-bond donors (Lipinski definition) is 1. The number of benzene rings is 4. The highest BCUT2D eigenvalue weighted by molar-refractivity contribution is 6.30. The zero-order valence-corrected chi connectivity index (χ0v) is 25.7. The Morgan fingerprint density at radius 1 is 0.791 bits per heavy atom. The number of carboxylic acid groups (broad SMARTS) is 1. The van der Waals surface area contributed by atoms with E-state index >= 15 is 0 Å². The minimum atomic E-state index is -1.02. The molecule has 1 unspecified atom stereocenters. The van der Waals surface area contributed by atoms with E-state index in [4.69, 9.17) is 37.8 Å². The molecule has 8 heteroatoms. The molecule has 43 heavy (non-hydrogen) atoms. The first-order valence-corrected chi connectivity index (χ1v) is 14.9. The Kier molecular flexibility index (Phi) is 11.6. The Balaban J connectivity index is 1.22. The first kappa shape index (κ1) is 32.1. The third kappa shape index (κ3) is 9.85. The van der Waals surface area contributed by atoms with Crippen molar-refractivity contribution in [2.75, 3.05) is 26.7 Å². The van der Waals surface area contributed by atoms with Crippen molar-refractivity contribution in [3.8, 4) is 11.5 Å². The Bertz CT molecular complexity index is 1430. The average Bonchev–Trinajstić information content (AvgIpc) is 3.00. The lowest BCUT2D eigenvalue weighted by Gasteiger charge is -2.25. The van der Waals surface area contributed by atoms with Crippen molar-refractivity contribution >= 4 is 35.0 Å². The SMILES string of the molecule is CC(Oc1ccc(C(=O)O)cc1)C(=O)COc1ccc(CCCN(C)CC(c2ccc(Cl)cc2)c2ccc(Cl)cc2)cc1. The topological polar surface area (TPSA) is 76.1 Å². The van der Waals surface area contributed by atoms with Gasteiger partial charge in [0.05, 0.1) is 5.56 Å². The number of ether oxygens (including phenoxy) is 2.